The van der Waals surface area contributed by atoms with E-state index in [2.05, 4.69) is 6.07 Å². The minimum absolute atomic E-state index is 0.0517. The molecule has 1 aliphatic carbocycles. The van der Waals surface area contributed by atoms with Gasteiger partial charge >= 0.3 is 0 Å². The van der Waals surface area contributed by atoms with Crippen molar-refractivity contribution in [2.75, 3.05) is 0 Å². The summed E-state index contributed by atoms with van der Waals surface area (Å²) >= 11 is 0. The van der Waals surface area contributed by atoms with Gasteiger partial charge in [0.25, 0.3) is 0 Å². The Hall–Kier alpha value is -3.20. The lowest BCUT2D eigenvalue weighted by atomic mass is 9.72. The molecule has 5 nitrogen and oxygen atoms in total. The van der Waals surface area contributed by atoms with Crippen LogP contribution < -0.4 is 11.5 Å². The van der Waals surface area contributed by atoms with Crippen LogP contribution in [0.2, 0.25) is 0 Å². The van der Waals surface area contributed by atoms with Gasteiger partial charge < -0.3 is 11.5 Å². The average molecular weight is 351 g/mol. The van der Waals surface area contributed by atoms with E-state index in [1.165, 1.54) is 6.07 Å². The van der Waals surface area contributed by atoms with Gasteiger partial charge in [-0.2, -0.15) is 5.26 Å². The Morgan fingerprint density at radius 2 is 1.96 bits per heavy atom. The molecule has 0 heterocycles. The van der Waals surface area contributed by atoms with Gasteiger partial charge in [-0.05, 0) is 65.8 Å². The summed E-state index contributed by atoms with van der Waals surface area (Å²) in [7, 11) is 0. The van der Waals surface area contributed by atoms with Gasteiger partial charge in [0.1, 0.15) is 6.67 Å². The van der Waals surface area contributed by atoms with E-state index in [4.69, 9.17) is 16.7 Å². The van der Waals surface area contributed by atoms with Crippen molar-refractivity contribution in [3.05, 3.63) is 69.3 Å². The summed E-state index contributed by atoms with van der Waals surface area (Å²) in [5.74, 6) is -1.30. The van der Waals surface area contributed by atoms with Crippen molar-refractivity contribution in [3.63, 3.8) is 0 Å². The van der Waals surface area contributed by atoms with Crippen molar-refractivity contribution >= 4 is 11.8 Å². The molecule has 2 aromatic carbocycles. The Labute approximate surface area is 150 Å². The van der Waals surface area contributed by atoms with Crippen LogP contribution in [0.1, 0.15) is 50.2 Å². The normalized spacial score (nSPS) is 18.2. The number of hydrogen-bond donors (Lipinski definition) is 2. The van der Waals surface area contributed by atoms with Crippen LogP contribution in [0.15, 0.2) is 30.3 Å². The highest BCUT2D eigenvalue weighted by molar-refractivity contribution is 5.97. The number of nitrogens with zero attached hydrogens (tertiary/aromatic N) is 1. The summed E-state index contributed by atoms with van der Waals surface area (Å²) < 4.78 is 13.3. The van der Waals surface area contributed by atoms with E-state index in [0.717, 1.165) is 11.1 Å². The molecule has 3 rings (SSSR count). The number of carbonyl (C=O) groups is 2. The predicted octanol–water partition coefficient (Wildman–Crippen LogP) is 2.15. The molecule has 132 valence electrons. The fourth-order valence-electron chi connectivity index (χ4n) is 3.98. The molecule has 2 aromatic rings. The first kappa shape index (κ1) is 17.6. The van der Waals surface area contributed by atoms with Crippen LogP contribution in [0.4, 0.5) is 4.39 Å². The van der Waals surface area contributed by atoms with Crippen LogP contribution in [0.3, 0.4) is 0 Å². The number of benzene rings is 2. The summed E-state index contributed by atoms with van der Waals surface area (Å²) in [6.07, 6.45) is 0.991. The van der Waals surface area contributed by atoms with Gasteiger partial charge in [-0.1, -0.05) is 12.1 Å². The molecule has 4 N–H and O–H groups in total. The molecule has 26 heavy (non-hydrogen) atoms. The number of hydrogen-bond acceptors (Lipinski definition) is 3. The SMILES string of the molecule is Cc1cc(CF)c(C(N)=O)cc1C1(C(N)=O)CCc2cc(C#N)ccc21. The van der Waals surface area contributed by atoms with Gasteiger partial charge in [0.05, 0.1) is 17.0 Å². The lowest BCUT2D eigenvalue weighted by Crippen LogP contribution is -2.41. The number of aryl methyl sites for hydroxylation is 2. The lowest BCUT2D eigenvalue weighted by Gasteiger charge is -2.30. The fraction of sp³-hybridized carbons (Fsp3) is 0.250. The smallest absolute Gasteiger partial charge is 0.249 e. The minimum Gasteiger partial charge on any atom is -0.369 e. The topological polar surface area (TPSA) is 110 Å². The maximum absolute atomic E-state index is 13.3. The van der Waals surface area contributed by atoms with E-state index in [9.17, 15) is 14.0 Å². The van der Waals surface area contributed by atoms with Gasteiger partial charge in [0.2, 0.25) is 11.8 Å². The Bertz CT molecular complexity index is 978. The summed E-state index contributed by atoms with van der Waals surface area (Å²) in [6, 6.07) is 10.2. The molecule has 2 amide bonds. The Balaban J connectivity index is 2.31. The van der Waals surface area contributed by atoms with Crippen LogP contribution in [0.5, 0.6) is 0 Å². The zero-order valence-electron chi connectivity index (χ0n) is 14.3. The van der Waals surface area contributed by atoms with Crippen LogP contribution in [-0.4, -0.2) is 11.8 Å². The predicted molar refractivity (Wildman–Crippen MR) is 94.0 cm³/mol. The van der Waals surface area contributed by atoms with Crippen LogP contribution >= 0.6 is 0 Å². The first-order chi connectivity index (χ1) is 12.3. The molecule has 0 bridgehead atoms. The molecule has 0 saturated carbocycles. The average Bonchev–Trinajstić information content (AvgIpc) is 3.00. The second kappa shape index (κ2) is 6.26. The number of alkyl halides is 1. The first-order valence-electron chi connectivity index (χ1n) is 8.18. The van der Waals surface area contributed by atoms with E-state index in [0.29, 0.717) is 29.5 Å². The van der Waals surface area contributed by atoms with Crippen LogP contribution in [0, 0.1) is 18.3 Å². The summed E-state index contributed by atoms with van der Waals surface area (Å²) in [5, 5.41) is 9.10. The molecule has 1 aliphatic rings. The number of nitrogens with two attached hydrogens (primary N) is 2. The van der Waals surface area contributed by atoms with Crippen LogP contribution in [-0.2, 0) is 23.3 Å². The number of halogens is 1. The molecule has 0 aromatic heterocycles. The highest BCUT2D eigenvalue weighted by Gasteiger charge is 2.46. The minimum atomic E-state index is -1.13. The zero-order valence-corrected chi connectivity index (χ0v) is 14.3. The van der Waals surface area contributed by atoms with Crippen molar-refractivity contribution in [2.45, 2.75) is 31.9 Å². The van der Waals surface area contributed by atoms with Crippen molar-refractivity contribution in [2.24, 2.45) is 11.5 Å². The van der Waals surface area contributed by atoms with E-state index in [1.54, 1.807) is 31.2 Å². The summed E-state index contributed by atoms with van der Waals surface area (Å²) in [5.41, 5.74) is 13.7. The highest BCUT2D eigenvalue weighted by Crippen LogP contribution is 2.46. The molecule has 6 heteroatoms. The maximum Gasteiger partial charge on any atom is 0.249 e. The molecule has 0 saturated heterocycles. The Morgan fingerprint density at radius 3 is 2.54 bits per heavy atom. The Kier molecular flexibility index (Phi) is 4.25. The van der Waals surface area contributed by atoms with Crippen molar-refractivity contribution < 1.29 is 14.0 Å². The van der Waals surface area contributed by atoms with Crippen LogP contribution in [0.25, 0.3) is 0 Å². The molecule has 0 spiro atoms. The van der Waals surface area contributed by atoms with Gasteiger partial charge in [-0.3, -0.25) is 9.59 Å². The second-order valence-electron chi connectivity index (χ2n) is 6.58. The standard InChI is InChI=1S/C20H18FN3O2/c1-11-6-14(9-21)15(18(23)25)8-17(11)20(19(24)26)5-4-13-7-12(10-22)2-3-16(13)20/h2-3,6-8H,4-5,9H2,1H3,(H2,23,25)(H2,24,26). The molecule has 1 unspecified atom stereocenters. The van der Waals surface area contributed by atoms with Gasteiger partial charge in [0.15, 0.2) is 0 Å². The fourth-order valence-corrected chi connectivity index (χ4v) is 3.98. The first-order valence-corrected chi connectivity index (χ1v) is 8.18. The third-order valence-corrected chi connectivity index (χ3v) is 5.20. The molecular weight excluding hydrogens is 333 g/mol. The van der Waals surface area contributed by atoms with Gasteiger partial charge in [0, 0.05) is 5.56 Å². The third-order valence-electron chi connectivity index (χ3n) is 5.20. The van der Waals surface area contributed by atoms with E-state index < -0.39 is 23.9 Å². The number of nitriles is 1. The monoisotopic (exact) mass is 351 g/mol. The van der Waals surface area contributed by atoms with Crippen molar-refractivity contribution in [3.8, 4) is 6.07 Å². The van der Waals surface area contributed by atoms with E-state index >= 15 is 0 Å². The Morgan fingerprint density at radius 1 is 1.23 bits per heavy atom. The zero-order chi connectivity index (χ0) is 19.1. The van der Waals surface area contributed by atoms with Crippen molar-refractivity contribution in [1.82, 2.24) is 0 Å². The van der Waals surface area contributed by atoms with Gasteiger partial charge in [-0.25, -0.2) is 4.39 Å². The second-order valence-corrected chi connectivity index (χ2v) is 6.58. The van der Waals surface area contributed by atoms with E-state index in [-0.39, 0.29) is 11.1 Å². The third kappa shape index (κ3) is 2.44. The largest absolute Gasteiger partial charge is 0.369 e. The van der Waals surface area contributed by atoms with Crippen molar-refractivity contribution in [1.29, 1.82) is 5.26 Å². The van der Waals surface area contributed by atoms with Gasteiger partial charge in [-0.15, -0.1) is 0 Å². The number of fused-ring (bicyclic) bond motifs is 1. The number of carbonyl (C=O) groups excluding carboxylic acids is 2. The van der Waals surface area contributed by atoms with E-state index in [1.807, 2.05) is 0 Å². The quantitative estimate of drug-likeness (QED) is 0.880. The number of primary amides is 2. The molecular formula is C20H18FN3O2. The lowest BCUT2D eigenvalue weighted by molar-refractivity contribution is -0.122. The number of rotatable bonds is 4. The summed E-state index contributed by atoms with van der Waals surface area (Å²) in [6.45, 7) is 0.927. The molecule has 0 radical (unpaired) electrons. The number of amides is 2. The molecule has 0 aliphatic heterocycles. The molecule has 1 atom stereocenters. The highest BCUT2D eigenvalue weighted by atomic mass is 19.1. The summed E-state index contributed by atoms with van der Waals surface area (Å²) in [4.78, 5) is 24.4. The molecule has 0 fully saturated rings. The maximum atomic E-state index is 13.3.